The van der Waals surface area contributed by atoms with E-state index in [9.17, 15) is 14.3 Å². The third kappa shape index (κ3) is 6.56. The van der Waals surface area contributed by atoms with E-state index in [1.165, 1.54) is 16.5 Å². The number of aliphatic carboxylic acids is 1. The molecule has 6 nitrogen and oxygen atoms in total. The Balaban J connectivity index is 1.09. The molecule has 3 aliphatic rings. The second-order valence-corrected chi connectivity index (χ2v) is 12.8. The van der Waals surface area contributed by atoms with Crippen LogP contribution in [0.15, 0.2) is 55.0 Å². The van der Waals surface area contributed by atoms with E-state index in [1.54, 1.807) is 12.1 Å². The number of aromatic nitrogens is 2. The van der Waals surface area contributed by atoms with Gasteiger partial charge in [-0.05, 0) is 85.5 Å². The molecule has 0 bridgehead atoms. The van der Waals surface area contributed by atoms with Gasteiger partial charge >= 0.3 is 5.97 Å². The zero-order valence-corrected chi connectivity index (χ0v) is 23.1. The first-order valence-corrected chi connectivity index (χ1v) is 15.1. The summed E-state index contributed by atoms with van der Waals surface area (Å²) in [6, 6.07) is 10.6. The number of thiazole rings is 1. The number of carbonyl (C=O) groups is 1. The summed E-state index contributed by atoms with van der Waals surface area (Å²) < 4.78 is 14.2. The summed E-state index contributed by atoms with van der Waals surface area (Å²) in [5.74, 6) is 0.601. The van der Waals surface area contributed by atoms with E-state index in [2.05, 4.69) is 21.0 Å². The monoisotopic (exact) mass is 548 g/mol. The molecule has 1 N–H and O–H groups in total. The molecule has 0 amide bonds. The van der Waals surface area contributed by atoms with Crippen LogP contribution in [-0.2, 0) is 11.2 Å². The number of halogens is 1. The van der Waals surface area contributed by atoms with Crippen LogP contribution in [0.2, 0.25) is 0 Å². The van der Waals surface area contributed by atoms with E-state index in [-0.39, 0.29) is 11.7 Å². The van der Waals surface area contributed by atoms with Crippen molar-refractivity contribution < 1.29 is 14.3 Å². The van der Waals surface area contributed by atoms with Gasteiger partial charge in [-0.3, -0.25) is 14.7 Å². The quantitative estimate of drug-likeness (QED) is 0.365. The molecule has 4 heterocycles. The maximum Gasteiger partial charge on any atom is 0.320 e. The van der Waals surface area contributed by atoms with Gasteiger partial charge in [-0.25, -0.2) is 9.37 Å². The van der Waals surface area contributed by atoms with Crippen LogP contribution >= 0.6 is 11.3 Å². The molecule has 1 saturated carbocycles. The fourth-order valence-corrected chi connectivity index (χ4v) is 7.66. The predicted molar refractivity (Wildman–Crippen MR) is 151 cm³/mol. The summed E-state index contributed by atoms with van der Waals surface area (Å²) in [6.07, 6.45) is 11.8. The topological polar surface area (TPSA) is 69.6 Å². The smallest absolute Gasteiger partial charge is 0.320 e. The lowest BCUT2D eigenvalue weighted by atomic mass is 9.87. The average Bonchev–Trinajstić information content (AvgIpc) is 3.49. The molecule has 39 heavy (non-hydrogen) atoms. The third-order valence-electron chi connectivity index (χ3n) is 8.88. The summed E-state index contributed by atoms with van der Waals surface area (Å²) in [7, 11) is 0. The SMILES string of the molecule is O=C(O)[C@@H](CC1CC1)N1C[C@H](CN2CCC(c3cnc(Cc4ccncc4)s3)CC2)[C@@H](c2cccc(F)c2)C1. The Morgan fingerprint density at radius 3 is 2.62 bits per heavy atom. The van der Waals surface area contributed by atoms with Crippen LogP contribution < -0.4 is 0 Å². The molecule has 3 fully saturated rings. The Kier molecular flexibility index (Phi) is 8.04. The van der Waals surface area contributed by atoms with Gasteiger partial charge in [-0.15, -0.1) is 11.3 Å². The third-order valence-corrected chi connectivity index (χ3v) is 10.0. The Hall–Kier alpha value is -2.68. The standard InChI is InChI=1S/C31H37FN4O2S/c32-26-3-1-2-24(16-26)27-20-36(28(31(37)38)14-21-4-5-21)19-25(27)18-35-12-8-23(9-13-35)29-17-34-30(39-29)15-22-6-10-33-11-7-22/h1-3,6-7,10-11,16-17,21,23,25,27-28H,4-5,8-9,12-15,18-20H2,(H,37,38)/t25-,27+,28+/m0/s1. The van der Waals surface area contributed by atoms with Gasteiger partial charge < -0.3 is 10.0 Å². The van der Waals surface area contributed by atoms with E-state index in [4.69, 9.17) is 4.98 Å². The Bertz CT molecular complexity index is 1260. The van der Waals surface area contributed by atoms with E-state index in [0.717, 1.165) is 75.3 Å². The van der Waals surface area contributed by atoms with Gasteiger partial charge in [0.15, 0.2) is 0 Å². The minimum absolute atomic E-state index is 0.150. The molecule has 2 saturated heterocycles. The van der Waals surface area contributed by atoms with Gasteiger partial charge in [0.2, 0.25) is 0 Å². The molecule has 0 spiro atoms. The van der Waals surface area contributed by atoms with Crippen molar-refractivity contribution in [2.45, 2.75) is 56.4 Å². The van der Waals surface area contributed by atoms with E-state index in [0.29, 0.717) is 24.3 Å². The number of carboxylic acids is 1. The highest BCUT2D eigenvalue weighted by Gasteiger charge is 2.42. The van der Waals surface area contributed by atoms with Crippen LogP contribution in [0, 0.1) is 17.7 Å². The van der Waals surface area contributed by atoms with Crippen molar-refractivity contribution in [1.82, 2.24) is 19.8 Å². The fourth-order valence-electron chi connectivity index (χ4n) is 6.54. The second kappa shape index (κ2) is 11.8. The molecule has 206 valence electrons. The van der Waals surface area contributed by atoms with Gasteiger partial charge in [-0.2, -0.15) is 0 Å². The highest BCUT2D eigenvalue weighted by Crippen LogP contribution is 2.40. The predicted octanol–water partition coefficient (Wildman–Crippen LogP) is 5.42. The van der Waals surface area contributed by atoms with Crippen LogP contribution in [0.25, 0.3) is 0 Å². The molecule has 8 heteroatoms. The summed E-state index contributed by atoms with van der Waals surface area (Å²) in [5.41, 5.74) is 2.24. The number of pyridine rings is 1. The largest absolute Gasteiger partial charge is 0.480 e. The Morgan fingerprint density at radius 1 is 1.10 bits per heavy atom. The van der Waals surface area contributed by atoms with Crippen LogP contribution in [0.4, 0.5) is 4.39 Å². The normalized spacial score (nSPS) is 23.7. The zero-order chi connectivity index (χ0) is 26.8. The van der Waals surface area contributed by atoms with Crippen molar-refractivity contribution in [3.05, 3.63) is 81.8 Å². The van der Waals surface area contributed by atoms with Crippen molar-refractivity contribution in [2.75, 3.05) is 32.7 Å². The average molecular weight is 549 g/mol. The summed E-state index contributed by atoms with van der Waals surface area (Å²) in [6.45, 7) is 4.43. The molecule has 0 unspecified atom stereocenters. The summed E-state index contributed by atoms with van der Waals surface area (Å²) >= 11 is 1.84. The molecule has 6 rings (SSSR count). The lowest BCUT2D eigenvalue weighted by Gasteiger charge is -2.34. The van der Waals surface area contributed by atoms with Crippen LogP contribution in [0.5, 0.6) is 0 Å². The van der Waals surface area contributed by atoms with Gasteiger partial charge in [0.05, 0.1) is 5.01 Å². The second-order valence-electron chi connectivity index (χ2n) is 11.7. The summed E-state index contributed by atoms with van der Waals surface area (Å²) in [4.78, 5) is 27.1. The molecule has 0 radical (unpaired) electrons. The number of rotatable bonds is 10. The molecule has 1 aliphatic carbocycles. The van der Waals surface area contributed by atoms with Crippen LogP contribution in [0.3, 0.4) is 0 Å². The van der Waals surface area contributed by atoms with E-state index >= 15 is 0 Å². The molecular formula is C31H37FN4O2S. The van der Waals surface area contributed by atoms with E-state index < -0.39 is 12.0 Å². The minimum atomic E-state index is -0.714. The lowest BCUT2D eigenvalue weighted by molar-refractivity contribution is -0.143. The van der Waals surface area contributed by atoms with Gasteiger partial charge in [0.1, 0.15) is 11.9 Å². The molecule has 2 aromatic heterocycles. The number of likely N-dealkylation sites (tertiary alicyclic amines) is 2. The number of hydrogen-bond donors (Lipinski definition) is 1. The van der Waals surface area contributed by atoms with Crippen molar-refractivity contribution in [1.29, 1.82) is 0 Å². The number of carboxylic acid groups (broad SMARTS) is 1. The van der Waals surface area contributed by atoms with E-state index in [1.807, 2.05) is 41.9 Å². The van der Waals surface area contributed by atoms with Gasteiger partial charge in [0, 0.05) is 55.4 Å². The van der Waals surface area contributed by atoms with Crippen molar-refractivity contribution in [2.24, 2.45) is 11.8 Å². The summed E-state index contributed by atoms with van der Waals surface area (Å²) in [5, 5.41) is 11.2. The molecule has 2 aliphatic heterocycles. The maximum atomic E-state index is 14.2. The minimum Gasteiger partial charge on any atom is -0.480 e. The number of hydrogen-bond acceptors (Lipinski definition) is 6. The first-order chi connectivity index (χ1) is 19.0. The molecule has 3 aromatic rings. The molecule has 1 aromatic carbocycles. The van der Waals surface area contributed by atoms with Gasteiger partial charge in [0.25, 0.3) is 0 Å². The zero-order valence-electron chi connectivity index (χ0n) is 22.3. The van der Waals surface area contributed by atoms with Crippen LogP contribution in [-0.4, -0.2) is 69.6 Å². The highest BCUT2D eigenvalue weighted by atomic mass is 32.1. The first kappa shape index (κ1) is 26.5. The van der Waals surface area contributed by atoms with Crippen molar-refractivity contribution >= 4 is 17.3 Å². The first-order valence-electron chi connectivity index (χ1n) is 14.3. The number of benzene rings is 1. The Morgan fingerprint density at radius 2 is 1.90 bits per heavy atom. The van der Waals surface area contributed by atoms with Crippen molar-refractivity contribution in [3.8, 4) is 0 Å². The maximum absolute atomic E-state index is 14.2. The Labute approximate surface area is 233 Å². The number of piperidine rings is 1. The molecular weight excluding hydrogens is 511 g/mol. The highest BCUT2D eigenvalue weighted by molar-refractivity contribution is 7.11. The molecule has 3 atom stereocenters. The number of nitrogens with zero attached hydrogens (tertiary/aromatic N) is 4. The van der Waals surface area contributed by atoms with Crippen LogP contribution in [0.1, 0.15) is 65.0 Å². The van der Waals surface area contributed by atoms with Crippen molar-refractivity contribution in [3.63, 3.8) is 0 Å². The lowest BCUT2D eigenvalue weighted by Crippen LogP contribution is -2.41. The fraction of sp³-hybridized carbons (Fsp3) is 0.516. The van der Waals surface area contributed by atoms with Gasteiger partial charge in [-0.1, -0.05) is 25.0 Å².